The van der Waals surface area contributed by atoms with Crippen LogP contribution in [0.4, 0.5) is 0 Å². The van der Waals surface area contributed by atoms with Crippen molar-refractivity contribution in [2.75, 3.05) is 13.1 Å². The first-order valence-corrected chi connectivity index (χ1v) is 6.86. The van der Waals surface area contributed by atoms with Gasteiger partial charge in [0.1, 0.15) is 6.54 Å². The van der Waals surface area contributed by atoms with Gasteiger partial charge in [0, 0.05) is 5.92 Å². The van der Waals surface area contributed by atoms with Crippen LogP contribution in [0.5, 0.6) is 0 Å². The van der Waals surface area contributed by atoms with Crippen LogP contribution in [0.2, 0.25) is 0 Å². The predicted molar refractivity (Wildman–Crippen MR) is 69.5 cm³/mol. The summed E-state index contributed by atoms with van der Waals surface area (Å²) >= 11 is 0. The van der Waals surface area contributed by atoms with Crippen molar-refractivity contribution in [2.45, 2.75) is 44.9 Å². The third kappa shape index (κ3) is 6.79. The van der Waals surface area contributed by atoms with E-state index in [2.05, 4.69) is 10.6 Å². The van der Waals surface area contributed by atoms with Gasteiger partial charge in [-0.1, -0.05) is 32.1 Å². The molecular weight excluding hydrogens is 248 g/mol. The van der Waals surface area contributed by atoms with Crippen molar-refractivity contribution in [1.29, 1.82) is 0 Å². The number of carboxylic acids is 1. The van der Waals surface area contributed by atoms with Crippen LogP contribution in [0.1, 0.15) is 44.9 Å². The molecule has 0 unspecified atom stereocenters. The summed E-state index contributed by atoms with van der Waals surface area (Å²) in [5.74, 6) is -1.67. The number of aliphatic carboxylic acids is 1. The summed E-state index contributed by atoms with van der Waals surface area (Å²) in [6.45, 7) is -0.569. The summed E-state index contributed by atoms with van der Waals surface area (Å²) in [4.78, 5) is 33.4. The minimum Gasteiger partial charge on any atom is -0.480 e. The molecule has 108 valence electrons. The molecule has 0 bridgehead atoms. The molecule has 6 heteroatoms. The summed E-state index contributed by atoms with van der Waals surface area (Å²) < 4.78 is 0. The first-order valence-electron chi connectivity index (χ1n) is 6.86. The summed E-state index contributed by atoms with van der Waals surface area (Å²) in [5, 5.41) is 13.2. The second kappa shape index (κ2) is 8.50. The monoisotopic (exact) mass is 270 g/mol. The first kappa shape index (κ1) is 15.5. The van der Waals surface area contributed by atoms with Gasteiger partial charge in [0.05, 0.1) is 6.54 Å². The Labute approximate surface area is 112 Å². The molecule has 1 saturated carbocycles. The van der Waals surface area contributed by atoms with Crippen LogP contribution >= 0.6 is 0 Å². The second-order valence-electron chi connectivity index (χ2n) is 4.93. The third-order valence-electron chi connectivity index (χ3n) is 3.34. The molecule has 0 aromatic rings. The van der Waals surface area contributed by atoms with Crippen molar-refractivity contribution in [3.8, 4) is 0 Å². The maximum Gasteiger partial charge on any atom is 0.322 e. The zero-order valence-electron chi connectivity index (χ0n) is 11.1. The van der Waals surface area contributed by atoms with E-state index < -0.39 is 18.4 Å². The van der Waals surface area contributed by atoms with Crippen molar-refractivity contribution in [3.63, 3.8) is 0 Å². The number of nitrogens with one attached hydrogen (secondary N) is 2. The zero-order valence-corrected chi connectivity index (χ0v) is 11.1. The second-order valence-corrected chi connectivity index (χ2v) is 4.93. The molecule has 1 fully saturated rings. The fourth-order valence-corrected chi connectivity index (χ4v) is 2.27. The van der Waals surface area contributed by atoms with Crippen molar-refractivity contribution in [2.24, 2.45) is 5.92 Å². The van der Waals surface area contributed by atoms with Gasteiger partial charge in [-0.2, -0.15) is 0 Å². The number of rotatable bonds is 5. The number of hydrogen-bond acceptors (Lipinski definition) is 3. The van der Waals surface area contributed by atoms with Crippen LogP contribution < -0.4 is 10.6 Å². The summed E-state index contributed by atoms with van der Waals surface area (Å²) in [6, 6.07) is 0. The molecule has 0 aromatic heterocycles. The summed E-state index contributed by atoms with van der Waals surface area (Å²) in [7, 11) is 0. The molecule has 0 spiro atoms. The Kier molecular flexibility index (Phi) is 6.92. The molecule has 19 heavy (non-hydrogen) atoms. The maximum atomic E-state index is 11.9. The summed E-state index contributed by atoms with van der Waals surface area (Å²) in [5.41, 5.74) is 0. The number of hydrogen-bond donors (Lipinski definition) is 3. The first-order chi connectivity index (χ1) is 9.09. The van der Waals surface area contributed by atoms with Gasteiger partial charge in [-0.25, -0.2) is 0 Å². The lowest BCUT2D eigenvalue weighted by Gasteiger charge is -2.18. The van der Waals surface area contributed by atoms with Gasteiger partial charge in [0.2, 0.25) is 11.8 Å². The molecule has 1 aliphatic rings. The Morgan fingerprint density at radius 2 is 1.47 bits per heavy atom. The highest BCUT2D eigenvalue weighted by molar-refractivity contribution is 5.87. The average molecular weight is 270 g/mol. The van der Waals surface area contributed by atoms with Crippen molar-refractivity contribution < 1.29 is 19.5 Å². The predicted octanol–water partition coefficient (Wildman–Crippen LogP) is 0.664. The Morgan fingerprint density at radius 1 is 0.895 bits per heavy atom. The van der Waals surface area contributed by atoms with Gasteiger partial charge in [0.25, 0.3) is 0 Å². The van der Waals surface area contributed by atoms with Gasteiger partial charge in [-0.15, -0.1) is 0 Å². The van der Waals surface area contributed by atoms with E-state index in [1.807, 2.05) is 0 Å². The fourth-order valence-electron chi connectivity index (χ4n) is 2.27. The standard InChI is InChI=1S/C13H22N2O4/c16-11(14-9-12(17)18)8-15-13(19)10-6-4-2-1-3-5-7-10/h10H,1-9H2,(H,14,16)(H,15,19)(H,17,18). The minimum atomic E-state index is -1.10. The Balaban J connectivity index is 2.24. The van der Waals surface area contributed by atoms with E-state index in [0.717, 1.165) is 25.7 Å². The lowest BCUT2D eigenvalue weighted by molar-refractivity contribution is -0.137. The lowest BCUT2D eigenvalue weighted by Crippen LogP contribution is -2.41. The molecule has 3 N–H and O–H groups in total. The number of amides is 2. The molecule has 0 aliphatic heterocycles. The number of carboxylic acid groups (broad SMARTS) is 1. The van der Waals surface area contributed by atoms with Crippen LogP contribution in [0.3, 0.4) is 0 Å². The van der Waals surface area contributed by atoms with Crippen molar-refractivity contribution >= 4 is 17.8 Å². The summed E-state index contributed by atoms with van der Waals surface area (Å²) in [6.07, 6.45) is 7.45. The molecular formula is C13H22N2O4. The fraction of sp³-hybridized carbons (Fsp3) is 0.769. The zero-order chi connectivity index (χ0) is 14.1. The quantitative estimate of drug-likeness (QED) is 0.684. The SMILES string of the molecule is O=C(O)CNC(=O)CNC(=O)C1CCCCCCC1. The smallest absolute Gasteiger partial charge is 0.322 e. The van der Waals surface area contributed by atoms with Crippen LogP contribution in [0.25, 0.3) is 0 Å². The molecule has 0 aromatic carbocycles. The minimum absolute atomic E-state index is 0.00688. The number of carbonyl (C=O) groups excluding carboxylic acids is 2. The Hall–Kier alpha value is -1.59. The van der Waals surface area contributed by atoms with Gasteiger partial charge in [-0.3, -0.25) is 14.4 Å². The van der Waals surface area contributed by atoms with E-state index in [-0.39, 0.29) is 18.4 Å². The van der Waals surface area contributed by atoms with Crippen LogP contribution in [0, 0.1) is 5.92 Å². The van der Waals surface area contributed by atoms with E-state index in [9.17, 15) is 14.4 Å². The highest BCUT2D eigenvalue weighted by atomic mass is 16.4. The lowest BCUT2D eigenvalue weighted by atomic mass is 9.90. The van der Waals surface area contributed by atoms with E-state index in [1.54, 1.807) is 0 Å². The van der Waals surface area contributed by atoms with E-state index in [4.69, 9.17) is 5.11 Å². The van der Waals surface area contributed by atoms with Gasteiger partial charge >= 0.3 is 5.97 Å². The van der Waals surface area contributed by atoms with Crippen molar-refractivity contribution in [3.05, 3.63) is 0 Å². The number of carbonyl (C=O) groups is 3. The Bertz CT molecular complexity index is 323. The molecule has 1 rings (SSSR count). The topological polar surface area (TPSA) is 95.5 Å². The van der Waals surface area contributed by atoms with Gasteiger partial charge in [-0.05, 0) is 12.8 Å². The molecule has 0 atom stereocenters. The van der Waals surface area contributed by atoms with Crippen LogP contribution in [-0.4, -0.2) is 36.0 Å². The van der Waals surface area contributed by atoms with Gasteiger partial charge in [0.15, 0.2) is 0 Å². The maximum absolute atomic E-state index is 11.9. The van der Waals surface area contributed by atoms with Crippen molar-refractivity contribution in [1.82, 2.24) is 10.6 Å². The molecule has 0 radical (unpaired) electrons. The molecule has 6 nitrogen and oxygen atoms in total. The van der Waals surface area contributed by atoms with E-state index in [0.29, 0.717) is 0 Å². The van der Waals surface area contributed by atoms with Crippen LogP contribution in [0.15, 0.2) is 0 Å². The molecule has 0 heterocycles. The van der Waals surface area contributed by atoms with E-state index in [1.165, 1.54) is 19.3 Å². The largest absolute Gasteiger partial charge is 0.480 e. The van der Waals surface area contributed by atoms with Crippen LogP contribution in [-0.2, 0) is 14.4 Å². The van der Waals surface area contributed by atoms with E-state index >= 15 is 0 Å². The highest BCUT2D eigenvalue weighted by Crippen LogP contribution is 2.22. The Morgan fingerprint density at radius 3 is 2.05 bits per heavy atom. The highest BCUT2D eigenvalue weighted by Gasteiger charge is 2.19. The molecule has 0 saturated heterocycles. The third-order valence-corrected chi connectivity index (χ3v) is 3.34. The normalized spacial score (nSPS) is 17.1. The molecule has 2 amide bonds. The molecule has 1 aliphatic carbocycles. The van der Waals surface area contributed by atoms with Gasteiger partial charge < -0.3 is 15.7 Å². The average Bonchev–Trinajstić information content (AvgIpc) is 2.33.